The van der Waals surface area contributed by atoms with E-state index in [1.54, 1.807) is 25.1 Å². The molecule has 0 atom stereocenters. The molecule has 2 rings (SSSR count). The van der Waals surface area contributed by atoms with Gasteiger partial charge in [-0.05, 0) is 68.3 Å². The van der Waals surface area contributed by atoms with Gasteiger partial charge < -0.3 is 20.1 Å². The smallest absolute Gasteiger partial charge is 0.338 e. The third-order valence-electron chi connectivity index (χ3n) is 4.39. The molecule has 0 aromatic heterocycles. The molecule has 8 heteroatoms. The fourth-order valence-electron chi connectivity index (χ4n) is 2.58. The molecule has 2 N–H and O–H groups in total. The molecule has 0 radical (unpaired) electrons. The van der Waals surface area contributed by atoms with Crippen molar-refractivity contribution in [1.29, 1.82) is 0 Å². The van der Waals surface area contributed by atoms with Crippen molar-refractivity contribution in [1.82, 2.24) is 0 Å². The van der Waals surface area contributed by atoms with Crippen molar-refractivity contribution < 1.29 is 28.7 Å². The van der Waals surface area contributed by atoms with E-state index in [4.69, 9.17) is 9.47 Å². The number of carbonyl (C=O) groups excluding carboxylic acids is 4. The Hall–Kier alpha value is -3.68. The molecular weight excluding hydrogens is 400 g/mol. The molecule has 8 nitrogen and oxygen atoms in total. The van der Waals surface area contributed by atoms with Crippen LogP contribution in [0.3, 0.4) is 0 Å². The van der Waals surface area contributed by atoms with E-state index >= 15 is 0 Å². The number of rotatable bonds is 9. The van der Waals surface area contributed by atoms with E-state index in [1.165, 1.54) is 12.1 Å². The Balaban J connectivity index is 1.70. The first-order valence-corrected chi connectivity index (χ1v) is 9.88. The summed E-state index contributed by atoms with van der Waals surface area (Å²) >= 11 is 0. The second kappa shape index (κ2) is 11.5. The second-order valence-electron chi connectivity index (χ2n) is 6.85. The van der Waals surface area contributed by atoms with Gasteiger partial charge in [-0.2, -0.15) is 0 Å². The van der Waals surface area contributed by atoms with E-state index in [-0.39, 0.29) is 25.4 Å². The van der Waals surface area contributed by atoms with E-state index in [1.807, 2.05) is 26.0 Å². The predicted molar refractivity (Wildman–Crippen MR) is 116 cm³/mol. The van der Waals surface area contributed by atoms with Crippen molar-refractivity contribution in [2.45, 2.75) is 33.6 Å². The first-order valence-electron chi connectivity index (χ1n) is 9.88. The standard InChI is InChI=1S/C23H26N2O6/c1-4-30-23(29)17-6-9-18(10-7-17)24-21(27)14-31-22(28)12-11-20(26)25-19-8-5-15(2)16(3)13-19/h5-10,13H,4,11-12,14H2,1-3H3,(H,24,27)(H,25,26). The van der Waals surface area contributed by atoms with Crippen LogP contribution in [-0.4, -0.2) is 37.0 Å². The fraction of sp³-hybridized carbons (Fsp3) is 0.304. The number of benzene rings is 2. The third kappa shape index (κ3) is 7.93. The maximum Gasteiger partial charge on any atom is 0.338 e. The molecule has 0 unspecified atom stereocenters. The fourth-order valence-corrected chi connectivity index (χ4v) is 2.58. The quantitative estimate of drug-likeness (QED) is 0.595. The molecule has 2 aromatic rings. The van der Waals surface area contributed by atoms with Crippen LogP contribution in [0.25, 0.3) is 0 Å². The Labute approximate surface area is 180 Å². The van der Waals surface area contributed by atoms with Crippen LogP contribution in [0.1, 0.15) is 41.3 Å². The summed E-state index contributed by atoms with van der Waals surface area (Å²) in [6.45, 7) is 5.44. The van der Waals surface area contributed by atoms with Gasteiger partial charge in [0.25, 0.3) is 5.91 Å². The minimum absolute atomic E-state index is 0.0529. The average molecular weight is 426 g/mol. The van der Waals surface area contributed by atoms with Crippen LogP contribution in [0.15, 0.2) is 42.5 Å². The largest absolute Gasteiger partial charge is 0.462 e. The van der Waals surface area contributed by atoms with E-state index < -0.39 is 24.5 Å². The lowest BCUT2D eigenvalue weighted by Crippen LogP contribution is -2.21. The SMILES string of the molecule is CCOC(=O)c1ccc(NC(=O)COC(=O)CCC(=O)Nc2ccc(C)c(C)c2)cc1. The number of esters is 2. The molecule has 2 amide bonds. The number of aryl methyl sites for hydroxylation is 2. The lowest BCUT2D eigenvalue weighted by molar-refractivity contribution is -0.147. The number of carbonyl (C=O) groups is 4. The van der Waals surface area contributed by atoms with Gasteiger partial charge in [0.1, 0.15) is 0 Å². The zero-order chi connectivity index (χ0) is 22.8. The molecule has 0 aliphatic heterocycles. The number of anilines is 2. The van der Waals surface area contributed by atoms with Crippen LogP contribution in [-0.2, 0) is 23.9 Å². The van der Waals surface area contributed by atoms with Gasteiger partial charge in [0.2, 0.25) is 5.91 Å². The van der Waals surface area contributed by atoms with Gasteiger partial charge in [0, 0.05) is 17.8 Å². The predicted octanol–water partition coefficient (Wildman–Crippen LogP) is 3.38. The van der Waals surface area contributed by atoms with Crippen LogP contribution < -0.4 is 10.6 Å². The van der Waals surface area contributed by atoms with Gasteiger partial charge in [-0.25, -0.2) is 4.79 Å². The summed E-state index contributed by atoms with van der Waals surface area (Å²) in [5.41, 5.74) is 3.65. The van der Waals surface area contributed by atoms with Gasteiger partial charge in [0.05, 0.1) is 18.6 Å². The molecule has 2 aromatic carbocycles. The van der Waals surface area contributed by atoms with Crippen molar-refractivity contribution in [2.75, 3.05) is 23.8 Å². The Kier molecular flexibility index (Phi) is 8.75. The highest BCUT2D eigenvalue weighted by Crippen LogP contribution is 2.14. The maximum atomic E-state index is 12.0. The Morgan fingerprint density at radius 3 is 2.06 bits per heavy atom. The van der Waals surface area contributed by atoms with E-state index in [9.17, 15) is 19.2 Å². The zero-order valence-electron chi connectivity index (χ0n) is 17.8. The minimum atomic E-state index is -0.650. The molecule has 0 bridgehead atoms. The highest BCUT2D eigenvalue weighted by atomic mass is 16.5. The van der Waals surface area contributed by atoms with Gasteiger partial charge in [-0.15, -0.1) is 0 Å². The topological polar surface area (TPSA) is 111 Å². The summed E-state index contributed by atoms with van der Waals surface area (Å²) in [4.78, 5) is 47.3. The van der Waals surface area contributed by atoms with Crippen LogP contribution in [0.5, 0.6) is 0 Å². The maximum absolute atomic E-state index is 12.0. The van der Waals surface area contributed by atoms with Crippen LogP contribution in [0.4, 0.5) is 11.4 Å². The molecule has 0 heterocycles. The first kappa shape index (κ1) is 23.6. The molecular formula is C23H26N2O6. The Morgan fingerprint density at radius 2 is 1.42 bits per heavy atom. The van der Waals surface area contributed by atoms with Crippen LogP contribution in [0, 0.1) is 13.8 Å². The van der Waals surface area contributed by atoms with Crippen molar-refractivity contribution in [3.63, 3.8) is 0 Å². The summed E-state index contributed by atoms with van der Waals surface area (Å²) in [5.74, 6) is -1.94. The Morgan fingerprint density at radius 1 is 0.774 bits per heavy atom. The van der Waals surface area contributed by atoms with Gasteiger partial charge >= 0.3 is 11.9 Å². The van der Waals surface area contributed by atoms with Gasteiger partial charge in [-0.1, -0.05) is 6.07 Å². The van der Waals surface area contributed by atoms with Crippen molar-refractivity contribution in [2.24, 2.45) is 0 Å². The molecule has 0 aliphatic rings. The van der Waals surface area contributed by atoms with E-state index in [2.05, 4.69) is 10.6 Å². The molecule has 0 saturated carbocycles. The minimum Gasteiger partial charge on any atom is -0.462 e. The third-order valence-corrected chi connectivity index (χ3v) is 4.39. The van der Waals surface area contributed by atoms with Crippen LogP contribution >= 0.6 is 0 Å². The van der Waals surface area contributed by atoms with E-state index in [0.29, 0.717) is 16.9 Å². The summed E-state index contributed by atoms with van der Waals surface area (Å²) < 4.78 is 9.78. The number of amides is 2. The van der Waals surface area contributed by atoms with Gasteiger partial charge in [-0.3, -0.25) is 14.4 Å². The van der Waals surface area contributed by atoms with Crippen LogP contribution in [0.2, 0.25) is 0 Å². The van der Waals surface area contributed by atoms with Gasteiger partial charge in [0.15, 0.2) is 6.61 Å². The highest BCUT2D eigenvalue weighted by Gasteiger charge is 2.12. The second-order valence-corrected chi connectivity index (χ2v) is 6.85. The summed E-state index contributed by atoms with van der Waals surface area (Å²) in [5, 5.41) is 5.28. The van der Waals surface area contributed by atoms with Crippen molar-refractivity contribution in [3.05, 3.63) is 59.2 Å². The lowest BCUT2D eigenvalue weighted by Gasteiger charge is -2.09. The summed E-state index contributed by atoms with van der Waals surface area (Å²) in [7, 11) is 0. The van der Waals surface area contributed by atoms with Crippen molar-refractivity contribution in [3.8, 4) is 0 Å². The lowest BCUT2D eigenvalue weighted by atomic mass is 10.1. The molecule has 0 spiro atoms. The summed E-state index contributed by atoms with van der Waals surface area (Å²) in [6, 6.07) is 11.7. The first-order chi connectivity index (χ1) is 14.8. The average Bonchev–Trinajstić information content (AvgIpc) is 2.74. The number of hydrogen-bond acceptors (Lipinski definition) is 6. The van der Waals surface area contributed by atoms with Crippen molar-refractivity contribution >= 4 is 35.1 Å². The zero-order valence-corrected chi connectivity index (χ0v) is 17.8. The number of hydrogen-bond donors (Lipinski definition) is 2. The molecule has 0 saturated heterocycles. The summed E-state index contributed by atoms with van der Waals surface area (Å²) in [6.07, 6.45) is -0.194. The number of ether oxygens (including phenoxy) is 2. The molecule has 0 aliphatic carbocycles. The molecule has 31 heavy (non-hydrogen) atoms. The molecule has 164 valence electrons. The monoisotopic (exact) mass is 426 g/mol. The Bertz CT molecular complexity index is 953. The van der Waals surface area contributed by atoms with E-state index in [0.717, 1.165) is 11.1 Å². The number of nitrogens with one attached hydrogen (secondary N) is 2. The normalized spacial score (nSPS) is 10.2. The highest BCUT2D eigenvalue weighted by molar-refractivity contribution is 5.95. The molecule has 0 fully saturated rings.